The molecule has 0 aliphatic carbocycles. The summed E-state index contributed by atoms with van der Waals surface area (Å²) in [5, 5.41) is 0. The lowest BCUT2D eigenvalue weighted by Crippen LogP contribution is -2.14. The molecular formula is C15H20O3. The van der Waals surface area contributed by atoms with Gasteiger partial charge in [-0.1, -0.05) is 6.07 Å². The minimum absolute atomic E-state index is 0.0869. The van der Waals surface area contributed by atoms with Gasteiger partial charge in [0.1, 0.15) is 5.75 Å². The van der Waals surface area contributed by atoms with Gasteiger partial charge in [0.15, 0.2) is 5.78 Å². The van der Waals surface area contributed by atoms with Crippen molar-refractivity contribution in [2.75, 3.05) is 13.7 Å². The van der Waals surface area contributed by atoms with Gasteiger partial charge in [-0.25, -0.2) is 0 Å². The zero-order valence-electron chi connectivity index (χ0n) is 11.3. The van der Waals surface area contributed by atoms with Crippen LogP contribution in [-0.2, 0) is 4.74 Å². The summed E-state index contributed by atoms with van der Waals surface area (Å²) in [7, 11) is 1.62. The normalized spacial score (nSPS) is 18.9. The quantitative estimate of drug-likeness (QED) is 0.768. The summed E-state index contributed by atoms with van der Waals surface area (Å²) in [6.45, 7) is 4.78. The highest BCUT2D eigenvalue weighted by Gasteiger charge is 2.22. The van der Waals surface area contributed by atoms with E-state index in [0.717, 1.165) is 30.6 Å². The number of carbonyl (C=O) groups excluding carboxylic acids is 1. The molecule has 0 N–H and O–H groups in total. The third kappa shape index (κ3) is 2.56. The van der Waals surface area contributed by atoms with Crippen LogP contribution in [0.4, 0.5) is 0 Å². The Morgan fingerprint density at radius 1 is 1.44 bits per heavy atom. The largest absolute Gasteiger partial charge is 0.496 e. The van der Waals surface area contributed by atoms with Gasteiger partial charge in [0.05, 0.1) is 18.8 Å². The summed E-state index contributed by atoms with van der Waals surface area (Å²) in [4.78, 5) is 12.3. The average Bonchev–Trinajstić information content (AvgIpc) is 2.85. The molecule has 1 aliphatic rings. The van der Waals surface area contributed by atoms with Crippen LogP contribution in [-0.4, -0.2) is 25.6 Å². The highest BCUT2D eigenvalue weighted by molar-refractivity contribution is 5.99. The van der Waals surface area contributed by atoms with Gasteiger partial charge in [0.2, 0.25) is 0 Å². The number of hydrogen-bond donors (Lipinski definition) is 0. The standard InChI is InChI=1S/C15H20O3/c1-10-6-7-13(15(17-3)11(10)2)14(16)9-12-5-4-8-18-12/h6-7,12H,4-5,8-9H2,1-3H3. The second-order valence-electron chi connectivity index (χ2n) is 4.85. The third-order valence-electron chi connectivity index (χ3n) is 3.62. The lowest BCUT2D eigenvalue weighted by Gasteiger charge is -2.14. The lowest BCUT2D eigenvalue weighted by atomic mass is 9.98. The van der Waals surface area contributed by atoms with E-state index in [1.165, 1.54) is 0 Å². The summed E-state index contributed by atoms with van der Waals surface area (Å²) in [5.41, 5.74) is 2.85. The number of ketones is 1. The molecule has 0 spiro atoms. The number of hydrogen-bond acceptors (Lipinski definition) is 3. The first-order valence-electron chi connectivity index (χ1n) is 6.42. The van der Waals surface area contributed by atoms with E-state index in [4.69, 9.17) is 9.47 Å². The van der Waals surface area contributed by atoms with Gasteiger partial charge >= 0.3 is 0 Å². The monoisotopic (exact) mass is 248 g/mol. The molecule has 0 bridgehead atoms. The Balaban J connectivity index is 2.21. The van der Waals surface area contributed by atoms with Gasteiger partial charge in [-0.3, -0.25) is 4.79 Å². The maximum atomic E-state index is 12.3. The molecule has 1 aliphatic heterocycles. The molecule has 18 heavy (non-hydrogen) atoms. The molecule has 1 fully saturated rings. The zero-order chi connectivity index (χ0) is 13.1. The summed E-state index contributed by atoms with van der Waals surface area (Å²) >= 11 is 0. The number of benzene rings is 1. The number of aryl methyl sites for hydroxylation is 1. The van der Waals surface area contributed by atoms with E-state index in [1.54, 1.807) is 7.11 Å². The maximum Gasteiger partial charge on any atom is 0.169 e. The van der Waals surface area contributed by atoms with Crippen molar-refractivity contribution < 1.29 is 14.3 Å². The molecule has 0 radical (unpaired) electrons. The highest BCUT2D eigenvalue weighted by atomic mass is 16.5. The SMILES string of the molecule is COc1c(C(=O)CC2CCCO2)ccc(C)c1C. The fourth-order valence-electron chi connectivity index (χ4n) is 2.39. The van der Waals surface area contributed by atoms with Crippen LogP contribution in [0, 0.1) is 13.8 Å². The average molecular weight is 248 g/mol. The summed E-state index contributed by atoms with van der Waals surface area (Å²) in [6.07, 6.45) is 2.59. The van der Waals surface area contributed by atoms with Gasteiger partial charge in [-0.15, -0.1) is 0 Å². The Bertz CT molecular complexity index is 445. The number of carbonyl (C=O) groups is 1. The lowest BCUT2D eigenvalue weighted by molar-refractivity contribution is 0.0773. The van der Waals surface area contributed by atoms with Gasteiger partial charge in [0, 0.05) is 13.0 Å². The first-order valence-corrected chi connectivity index (χ1v) is 6.42. The van der Waals surface area contributed by atoms with Crippen molar-refractivity contribution in [2.24, 2.45) is 0 Å². The van der Waals surface area contributed by atoms with Crippen LogP contribution < -0.4 is 4.74 Å². The first-order chi connectivity index (χ1) is 8.63. The van der Waals surface area contributed by atoms with E-state index in [0.29, 0.717) is 17.7 Å². The molecule has 3 nitrogen and oxygen atoms in total. The van der Waals surface area contributed by atoms with Gasteiger partial charge in [-0.2, -0.15) is 0 Å². The van der Waals surface area contributed by atoms with Crippen molar-refractivity contribution in [2.45, 2.75) is 39.2 Å². The van der Waals surface area contributed by atoms with Crippen LogP contribution >= 0.6 is 0 Å². The van der Waals surface area contributed by atoms with E-state index in [2.05, 4.69) is 0 Å². The smallest absolute Gasteiger partial charge is 0.169 e. The van der Waals surface area contributed by atoms with Crippen molar-refractivity contribution in [3.05, 3.63) is 28.8 Å². The Morgan fingerprint density at radius 3 is 2.83 bits per heavy atom. The molecule has 98 valence electrons. The van der Waals surface area contributed by atoms with Crippen molar-refractivity contribution in [1.82, 2.24) is 0 Å². The summed E-state index contributed by atoms with van der Waals surface area (Å²) in [5.74, 6) is 0.819. The Kier molecular flexibility index (Phi) is 4.02. The third-order valence-corrected chi connectivity index (χ3v) is 3.62. The second-order valence-corrected chi connectivity index (χ2v) is 4.85. The molecule has 2 rings (SSSR count). The first kappa shape index (κ1) is 13.1. The predicted molar refractivity (Wildman–Crippen MR) is 70.4 cm³/mol. The van der Waals surface area contributed by atoms with E-state index in [9.17, 15) is 4.79 Å². The Labute approximate surface area is 108 Å². The Hall–Kier alpha value is -1.35. The molecular weight excluding hydrogens is 228 g/mol. The van der Waals surface area contributed by atoms with Crippen LogP contribution in [0.1, 0.15) is 40.7 Å². The van der Waals surface area contributed by atoms with Crippen molar-refractivity contribution >= 4 is 5.78 Å². The minimum atomic E-state index is 0.0869. The molecule has 0 aromatic heterocycles. The minimum Gasteiger partial charge on any atom is -0.496 e. The molecule has 1 saturated heterocycles. The zero-order valence-corrected chi connectivity index (χ0v) is 11.3. The fourth-order valence-corrected chi connectivity index (χ4v) is 2.39. The molecule has 1 heterocycles. The molecule has 3 heteroatoms. The predicted octanol–water partition coefficient (Wildman–Crippen LogP) is 3.06. The molecule has 1 aromatic carbocycles. The van der Waals surface area contributed by atoms with E-state index in [1.807, 2.05) is 26.0 Å². The fraction of sp³-hybridized carbons (Fsp3) is 0.533. The van der Waals surface area contributed by atoms with Gasteiger partial charge in [-0.05, 0) is 43.9 Å². The number of Topliss-reactive ketones (excluding diaryl/α,β-unsaturated/α-hetero) is 1. The van der Waals surface area contributed by atoms with E-state index < -0.39 is 0 Å². The number of methoxy groups -OCH3 is 1. The second kappa shape index (κ2) is 5.53. The molecule has 0 saturated carbocycles. The topological polar surface area (TPSA) is 35.5 Å². The Morgan fingerprint density at radius 2 is 2.22 bits per heavy atom. The summed E-state index contributed by atoms with van der Waals surface area (Å²) in [6, 6.07) is 3.83. The van der Waals surface area contributed by atoms with Gasteiger partial charge in [0.25, 0.3) is 0 Å². The molecule has 1 atom stereocenters. The van der Waals surface area contributed by atoms with Crippen LogP contribution in [0.2, 0.25) is 0 Å². The van der Waals surface area contributed by atoms with E-state index in [-0.39, 0.29) is 11.9 Å². The highest BCUT2D eigenvalue weighted by Crippen LogP contribution is 2.28. The van der Waals surface area contributed by atoms with Crippen LogP contribution in [0.25, 0.3) is 0 Å². The maximum absolute atomic E-state index is 12.3. The number of rotatable bonds is 4. The van der Waals surface area contributed by atoms with E-state index >= 15 is 0 Å². The van der Waals surface area contributed by atoms with Crippen LogP contribution in [0.5, 0.6) is 5.75 Å². The number of ether oxygens (including phenoxy) is 2. The molecule has 1 unspecified atom stereocenters. The summed E-state index contributed by atoms with van der Waals surface area (Å²) < 4.78 is 10.9. The van der Waals surface area contributed by atoms with Gasteiger partial charge < -0.3 is 9.47 Å². The molecule has 1 aromatic rings. The van der Waals surface area contributed by atoms with Crippen molar-refractivity contribution in [3.8, 4) is 5.75 Å². The van der Waals surface area contributed by atoms with Crippen molar-refractivity contribution in [1.29, 1.82) is 0 Å². The van der Waals surface area contributed by atoms with Crippen molar-refractivity contribution in [3.63, 3.8) is 0 Å². The van der Waals surface area contributed by atoms with Crippen LogP contribution in [0.15, 0.2) is 12.1 Å². The van der Waals surface area contributed by atoms with Crippen LogP contribution in [0.3, 0.4) is 0 Å². The molecule has 0 amide bonds.